The molecule has 1 aliphatic carbocycles. The summed E-state index contributed by atoms with van der Waals surface area (Å²) in [7, 11) is 1.64. The lowest BCUT2D eigenvalue weighted by Gasteiger charge is -2.06. The van der Waals surface area contributed by atoms with Crippen LogP contribution in [-0.4, -0.2) is 12.2 Å². The molecule has 4 rings (SSSR count). The zero-order valence-corrected chi connectivity index (χ0v) is 13.2. The molecule has 1 heterocycles. The van der Waals surface area contributed by atoms with E-state index in [0.717, 1.165) is 23.3 Å². The number of aromatic hydroxyl groups is 1. The van der Waals surface area contributed by atoms with Crippen molar-refractivity contribution < 1.29 is 14.3 Å². The van der Waals surface area contributed by atoms with Gasteiger partial charge >= 0.3 is 0 Å². The van der Waals surface area contributed by atoms with E-state index in [1.165, 1.54) is 12.1 Å². The molecule has 0 spiro atoms. The number of ether oxygens (including phenoxy) is 1. The Bertz CT molecular complexity index is 1030. The third-order valence-electron chi connectivity index (χ3n) is 4.37. The quantitative estimate of drug-likeness (QED) is 0.775. The third kappa shape index (κ3) is 2.27. The topological polar surface area (TPSA) is 59.7 Å². The summed E-state index contributed by atoms with van der Waals surface area (Å²) in [6.07, 6.45) is 3.41. The molecule has 0 unspecified atom stereocenters. The second kappa shape index (κ2) is 5.57. The molecule has 0 aliphatic heterocycles. The fraction of sp³-hybridized carbons (Fsp3) is 0.150. The SMILES string of the molecule is COc1ccccc1C=C1CCc2c1oc1cc(O)ccc1c2=O. The maximum absolute atomic E-state index is 12.7. The molecule has 0 saturated carbocycles. The van der Waals surface area contributed by atoms with Crippen LogP contribution in [-0.2, 0) is 6.42 Å². The van der Waals surface area contributed by atoms with Gasteiger partial charge in [-0.15, -0.1) is 0 Å². The minimum absolute atomic E-state index is 0.0188. The molecule has 4 nitrogen and oxygen atoms in total. The molecule has 4 heteroatoms. The Kier molecular flexibility index (Phi) is 3.38. The zero-order chi connectivity index (χ0) is 16.7. The number of allylic oxidation sites excluding steroid dienone is 1. The van der Waals surface area contributed by atoms with E-state index in [9.17, 15) is 9.90 Å². The molecule has 0 bridgehead atoms. The van der Waals surface area contributed by atoms with Crippen molar-refractivity contribution >= 4 is 22.6 Å². The lowest BCUT2D eigenvalue weighted by molar-refractivity contribution is 0.414. The summed E-state index contributed by atoms with van der Waals surface area (Å²) >= 11 is 0. The van der Waals surface area contributed by atoms with E-state index < -0.39 is 0 Å². The molecule has 0 saturated heterocycles. The minimum Gasteiger partial charge on any atom is -0.508 e. The summed E-state index contributed by atoms with van der Waals surface area (Å²) in [6.45, 7) is 0. The Labute approximate surface area is 138 Å². The average molecular weight is 320 g/mol. The first-order valence-corrected chi connectivity index (χ1v) is 7.80. The molecule has 0 amide bonds. The number of fused-ring (bicyclic) bond motifs is 2. The van der Waals surface area contributed by atoms with Crippen molar-refractivity contribution in [2.24, 2.45) is 0 Å². The van der Waals surface area contributed by atoms with E-state index >= 15 is 0 Å². The average Bonchev–Trinajstić information content (AvgIpc) is 2.98. The van der Waals surface area contributed by atoms with E-state index in [2.05, 4.69) is 0 Å². The maximum atomic E-state index is 12.7. The molecule has 1 N–H and O–H groups in total. The lowest BCUT2D eigenvalue weighted by atomic mass is 10.1. The van der Waals surface area contributed by atoms with Gasteiger partial charge in [0, 0.05) is 17.2 Å². The van der Waals surface area contributed by atoms with Crippen LogP contribution in [0.5, 0.6) is 11.5 Å². The van der Waals surface area contributed by atoms with Gasteiger partial charge < -0.3 is 14.3 Å². The lowest BCUT2D eigenvalue weighted by Crippen LogP contribution is -2.08. The predicted molar refractivity (Wildman–Crippen MR) is 93.3 cm³/mol. The first kappa shape index (κ1) is 14.6. The van der Waals surface area contributed by atoms with E-state index in [-0.39, 0.29) is 11.2 Å². The van der Waals surface area contributed by atoms with Crippen molar-refractivity contribution in [1.82, 2.24) is 0 Å². The number of para-hydroxylation sites is 1. The van der Waals surface area contributed by atoms with E-state index in [1.807, 2.05) is 30.3 Å². The van der Waals surface area contributed by atoms with Crippen LogP contribution in [0.25, 0.3) is 22.6 Å². The van der Waals surface area contributed by atoms with Crippen molar-refractivity contribution in [3.8, 4) is 11.5 Å². The fourth-order valence-corrected chi connectivity index (χ4v) is 3.19. The smallest absolute Gasteiger partial charge is 0.196 e. The highest BCUT2D eigenvalue weighted by Gasteiger charge is 2.24. The van der Waals surface area contributed by atoms with Crippen molar-refractivity contribution in [2.75, 3.05) is 7.11 Å². The van der Waals surface area contributed by atoms with Crippen molar-refractivity contribution in [1.29, 1.82) is 0 Å². The van der Waals surface area contributed by atoms with Gasteiger partial charge in [-0.3, -0.25) is 4.79 Å². The molecular formula is C20H16O4. The monoisotopic (exact) mass is 320 g/mol. The molecule has 0 atom stereocenters. The Morgan fingerprint density at radius 3 is 2.83 bits per heavy atom. The number of phenolic OH excluding ortho intramolecular Hbond substituents is 1. The van der Waals surface area contributed by atoms with Crippen LogP contribution in [0.1, 0.15) is 23.3 Å². The van der Waals surface area contributed by atoms with Gasteiger partial charge in [0.15, 0.2) is 5.43 Å². The van der Waals surface area contributed by atoms with E-state index in [4.69, 9.17) is 9.15 Å². The summed E-state index contributed by atoms with van der Waals surface area (Å²) in [6, 6.07) is 12.3. The Balaban J connectivity index is 1.91. The number of rotatable bonds is 2. The molecule has 2 aromatic carbocycles. The number of phenols is 1. The number of hydrogen-bond acceptors (Lipinski definition) is 4. The summed E-state index contributed by atoms with van der Waals surface area (Å²) in [4.78, 5) is 12.7. The van der Waals surface area contributed by atoms with Crippen LogP contribution in [0, 0.1) is 0 Å². The molecule has 24 heavy (non-hydrogen) atoms. The van der Waals surface area contributed by atoms with Crippen LogP contribution < -0.4 is 10.2 Å². The molecular weight excluding hydrogens is 304 g/mol. The fourth-order valence-electron chi connectivity index (χ4n) is 3.19. The van der Waals surface area contributed by atoms with Crippen LogP contribution in [0.15, 0.2) is 51.7 Å². The second-order valence-electron chi connectivity index (χ2n) is 5.83. The van der Waals surface area contributed by atoms with Gasteiger partial charge in [0.2, 0.25) is 0 Å². The molecule has 0 fully saturated rings. The van der Waals surface area contributed by atoms with Gasteiger partial charge in [-0.2, -0.15) is 0 Å². The molecule has 120 valence electrons. The van der Waals surface area contributed by atoms with Gasteiger partial charge in [-0.1, -0.05) is 18.2 Å². The molecule has 1 aromatic heterocycles. The highest BCUT2D eigenvalue weighted by atomic mass is 16.5. The summed E-state index contributed by atoms with van der Waals surface area (Å²) in [5.41, 5.74) is 3.01. The molecule has 1 aliphatic rings. The van der Waals surface area contributed by atoms with Crippen molar-refractivity contribution in [3.05, 3.63) is 69.6 Å². The second-order valence-corrected chi connectivity index (χ2v) is 5.83. The van der Waals surface area contributed by atoms with E-state index in [0.29, 0.717) is 28.7 Å². The molecule has 3 aromatic rings. The Morgan fingerprint density at radius 2 is 2.00 bits per heavy atom. The van der Waals surface area contributed by atoms with Gasteiger partial charge in [-0.25, -0.2) is 0 Å². The maximum Gasteiger partial charge on any atom is 0.196 e. The van der Waals surface area contributed by atoms with Gasteiger partial charge in [0.05, 0.1) is 12.5 Å². The predicted octanol–water partition coefficient (Wildman–Crippen LogP) is 3.99. The summed E-state index contributed by atoms with van der Waals surface area (Å²) < 4.78 is 11.3. The highest BCUT2D eigenvalue weighted by Crippen LogP contribution is 2.35. The van der Waals surface area contributed by atoms with Crippen LogP contribution >= 0.6 is 0 Å². The standard InChI is InChI=1S/C20H16O4/c1-23-17-5-3-2-4-12(17)10-13-6-8-16-19(22)15-9-7-14(21)11-18(15)24-20(13)16/h2-5,7,9-11,21H,6,8H2,1H3. The number of benzene rings is 2. The Hall–Kier alpha value is -3.01. The van der Waals surface area contributed by atoms with Crippen LogP contribution in [0.4, 0.5) is 0 Å². The minimum atomic E-state index is -0.0188. The third-order valence-corrected chi connectivity index (χ3v) is 4.37. The number of methoxy groups -OCH3 is 1. The Morgan fingerprint density at radius 1 is 1.17 bits per heavy atom. The van der Waals surface area contributed by atoms with Gasteiger partial charge in [-0.05, 0) is 42.7 Å². The van der Waals surface area contributed by atoms with E-state index in [1.54, 1.807) is 13.2 Å². The first-order valence-electron chi connectivity index (χ1n) is 7.80. The van der Waals surface area contributed by atoms with Gasteiger partial charge in [0.1, 0.15) is 22.8 Å². The van der Waals surface area contributed by atoms with Crippen LogP contribution in [0.2, 0.25) is 0 Å². The highest BCUT2D eigenvalue weighted by molar-refractivity contribution is 5.88. The van der Waals surface area contributed by atoms with Crippen molar-refractivity contribution in [2.45, 2.75) is 12.8 Å². The summed E-state index contributed by atoms with van der Waals surface area (Å²) in [5, 5.41) is 10.2. The zero-order valence-electron chi connectivity index (χ0n) is 13.2. The van der Waals surface area contributed by atoms with Gasteiger partial charge in [0.25, 0.3) is 0 Å². The van der Waals surface area contributed by atoms with Crippen molar-refractivity contribution in [3.63, 3.8) is 0 Å². The largest absolute Gasteiger partial charge is 0.508 e. The number of hydrogen-bond donors (Lipinski definition) is 1. The normalized spacial score (nSPS) is 15.0. The first-order chi connectivity index (χ1) is 11.7. The summed E-state index contributed by atoms with van der Waals surface area (Å²) in [5.74, 6) is 1.47. The molecule has 0 radical (unpaired) electrons. The van der Waals surface area contributed by atoms with Crippen LogP contribution in [0.3, 0.4) is 0 Å².